The number of hydrogen-bond donors (Lipinski definition) is 1. The van der Waals surface area contributed by atoms with Crippen molar-refractivity contribution in [1.29, 1.82) is 5.26 Å². The van der Waals surface area contributed by atoms with E-state index in [0.29, 0.717) is 22.3 Å². The Kier molecular flexibility index (Phi) is 2.22. The number of nitriles is 1. The van der Waals surface area contributed by atoms with Gasteiger partial charge in [-0.1, -0.05) is 0 Å². The number of anilines is 1. The van der Waals surface area contributed by atoms with Crippen LogP contribution in [-0.2, 0) is 0 Å². The summed E-state index contributed by atoms with van der Waals surface area (Å²) in [6, 6.07) is 7.93. The number of nitrogens with zero attached hydrogens (tertiary/aromatic N) is 2. The van der Waals surface area contributed by atoms with Crippen LogP contribution in [0.15, 0.2) is 24.3 Å². The minimum atomic E-state index is -0.328. The van der Waals surface area contributed by atoms with Crippen LogP contribution in [0.25, 0.3) is 10.9 Å². The van der Waals surface area contributed by atoms with Crippen molar-refractivity contribution in [2.24, 2.45) is 0 Å². The van der Waals surface area contributed by atoms with Gasteiger partial charge in [-0.2, -0.15) is 5.26 Å². The highest BCUT2D eigenvalue weighted by Crippen LogP contribution is 2.20. The Morgan fingerprint density at radius 2 is 2.20 bits per heavy atom. The fourth-order valence-corrected chi connectivity index (χ4v) is 1.42. The molecule has 2 aromatic rings. The zero-order valence-corrected chi connectivity index (χ0v) is 8.08. The maximum atomic E-state index is 12.9. The minimum Gasteiger partial charge on any atom is -0.372 e. The first-order valence-corrected chi connectivity index (χ1v) is 4.43. The lowest BCUT2D eigenvalue weighted by molar-refractivity contribution is 0.629. The molecule has 0 atom stereocenters. The van der Waals surface area contributed by atoms with E-state index in [1.54, 1.807) is 19.2 Å². The topological polar surface area (TPSA) is 48.7 Å². The van der Waals surface area contributed by atoms with E-state index in [1.807, 2.05) is 6.07 Å². The Hall–Kier alpha value is -2.15. The Morgan fingerprint density at radius 3 is 2.87 bits per heavy atom. The maximum absolute atomic E-state index is 12.9. The standard InChI is InChI=1S/C11H8FN3/c1-14-11-8(6-13)4-7-5-9(12)2-3-10(7)15-11/h2-5H,1H3,(H,14,15). The first-order chi connectivity index (χ1) is 7.24. The summed E-state index contributed by atoms with van der Waals surface area (Å²) < 4.78 is 12.9. The van der Waals surface area contributed by atoms with Gasteiger partial charge in [0.25, 0.3) is 0 Å². The molecule has 0 radical (unpaired) electrons. The monoisotopic (exact) mass is 201 g/mol. The van der Waals surface area contributed by atoms with Crippen molar-refractivity contribution in [3.8, 4) is 6.07 Å². The van der Waals surface area contributed by atoms with Gasteiger partial charge in [0.05, 0.1) is 11.1 Å². The molecule has 0 fully saturated rings. The Morgan fingerprint density at radius 1 is 1.40 bits per heavy atom. The minimum absolute atomic E-state index is 0.328. The molecular weight excluding hydrogens is 193 g/mol. The van der Waals surface area contributed by atoms with Gasteiger partial charge in [-0.05, 0) is 24.3 Å². The molecule has 1 N–H and O–H groups in total. The lowest BCUT2D eigenvalue weighted by atomic mass is 10.1. The summed E-state index contributed by atoms with van der Waals surface area (Å²) in [6.45, 7) is 0. The largest absolute Gasteiger partial charge is 0.372 e. The number of aromatic nitrogens is 1. The van der Waals surface area contributed by atoms with Crippen molar-refractivity contribution >= 4 is 16.7 Å². The molecule has 1 heterocycles. The first kappa shape index (κ1) is 9.41. The summed E-state index contributed by atoms with van der Waals surface area (Å²) in [7, 11) is 1.69. The van der Waals surface area contributed by atoms with Gasteiger partial charge in [0, 0.05) is 12.4 Å². The molecule has 0 aliphatic rings. The zero-order valence-electron chi connectivity index (χ0n) is 8.08. The summed E-state index contributed by atoms with van der Waals surface area (Å²) in [6.07, 6.45) is 0. The molecular formula is C11H8FN3. The number of benzene rings is 1. The third-order valence-corrected chi connectivity index (χ3v) is 2.13. The van der Waals surface area contributed by atoms with Crippen LogP contribution in [0.4, 0.5) is 10.2 Å². The highest BCUT2D eigenvalue weighted by atomic mass is 19.1. The Balaban J connectivity index is 2.77. The SMILES string of the molecule is CNc1nc2ccc(F)cc2cc1C#N. The maximum Gasteiger partial charge on any atom is 0.144 e. The van der Waals surface area contributed by atoms with Crippen molar-refractivity contribution in [1.82, 2.24) is 4.98 Å². The Labute approximate surface area is 86.2 Å². The van der Waals surface area contributed by atoms with Crippen molar-refractivity contribution < 1.29 is 4.39 Å². The molecule has 0 spiro atoms. The van der Waals surface area contributed by atoms with E-state index in [4.69, 9.17) is 5.26 Å². The predicted octanol–water partition coefficient (Wildman–Crippen LogP) is 2.29. The number of fused-ring (bicyclic) bond motifs is 1. The van der Waals surface area contributed by atoms with Crippen molar-refractivity contribution in [2.75, 3.05) is 12.4 Å². The molecule has 0 saturated heterocycles. The normalized spacial score (nSPS) is 9.93. The summed E-state index contributed by atoms with van der Waals surface area (Å²) in [5, 5.41) is 12.3. The van der Waals surface area contributed by atoms with Crippen molar-refractivity contribution in [3.63, 3.8) is 0 Å². The third-order valence-electron chi connectivity index (χ3n) is 2.13. The predicted molar refractivity (Wildman–Crippen MR) is 56.0 cm³/mol. The molecule has 4 heteroatoms. The summed E-state index contributed by atoms with van der Waals surface area (Å²) in [4.78, 5) is 4.21. The molecule has 3 nitrogen and oxygen atoms in total. The second-order valence-corrected chi connectivity index (χ2v) is 3.08. The van der Waals surface area contributed by atoms with Crippen LogP contribution in [-0.4, -0.2) is 12.0 Å². The van der Waals surface area contributed by atoms with E-state index in [2.05, 4.69) is 10.3 Å². The van der Waals surface area contributed by atoms with Crippen molar-refractivity contribution in [3.05, 3.63) is 35.6 Å². The van der Waals surface area contributed by atoms with Crippen molar-refractivity contribution in [2.45, 2.75) is 0 Å². The van der Waals surface area contributed by atoms with Crippen LogP contribution < -0.4 is 5.32 Å². The highest BCUT2D eigenvalue weighted by Gasteiger charge is 2.05. The number of rotatable bonds is 1. The van der Waals surface area contributed by atoms with E-state index >= 15 is 0 Å². The highest BCUT2D eigenvalue weighted by molar-refractivity contribution is 5.82. The van der Waals surface area contributed by atoms with Crippen LogP contribution >= 0.6 is 0 Å². The molecule has 0 aliphatic heterocycles. The van der Waals surface area contributed by atoms with E-state index in [-0.39, 0.29) is 5.82 Å². The van der Waals surface area contributed by atoms with Crippen LogP contribution in [0.3, 0.4) is 0 Å². The molecule has 1 aromatic carbocycles. The van der Waals surface area contributed by atoms with Crippen LogP contribution in [0.5, 0.6) is 0 Å². The van der Waals surface area contributed by atoms with Gasteiger partial charge in [0.2, 0.25) is 0 Å². The van der Waals surface area contributed by atoms with E-state index in [0.717, 1.165) is 0 Å². The number of nitrogens with one attached hydrogen (secondary N) is 1. The third kappa shape index (κ3) is 1.59. The van der Waals surface area contributed by atoms with Gasteiger partial charge in [0.15, 0.2) is 0 Å². The summed E-state index contributed by atoms with van der Waals surface area (Å²) >= 11 is 0. The van der Waals surface area contributed by atoms with Gasteiger partial charge in [-0.25, -0.2) is 9.37 Å². The van der Waals surface area contributed by atoms with E-state index in [1.165, 1.54) is 12.1 Å². The van der Waals surface area contributed by atoms with Gasteiger partial charge >= 0.3 is 0 Å². The fourth-order valence-electron chi connectivity index (χ4n) is 1.42. The summed E-state index contributed by atoms with van der Waals surface area (Å²) in [5.74, 6) is 0.182. The fraction of sp³-hybridized carbons (Fsp3) is 0.0909. The van der Waals surface area contributed by atoms with Gasteiger partial charge in [-0.15, -0.1) is 0 Å². The van der Waals surface area contributed by atoms with Crippen LogP contribution in [0.2, 0.25) is 0 Å². The average molecular weight is 201 g/mol. The zero-order chi connectivity index (χ0) is 10.8. The molecule has 2 rings (SSSR count). The van der Waals surface area contributed by atoms with Crippen LogP contribution in [0.1, 0.15) is 5.56 Å². The Bertz CT molecular complexity index is 557. The van der Waals surface area contributed by atoms with Crippen LogP contribution in [0, 0.1) is 17.1 Å². The second kappa shape index (κ2) is 3.54. The molecule has 0 bridgehead atoms. The van der Waals surface area contributed by atoms with E-state index < -0.39 is 0 Å². The molecule has 0 amide bonds. The second-order valence-electron chi connectivity index (χ2n) is 3.08. The smallest absolute Gasteiger partial charge is 0.144 e. The van der Waals surface area contributed by atoms with Gasteiger partial charge < -0.3 is 5.32 Å². The number of halogens is 1. The lowest BCUT2D eigenvalue weighted by Crippen LogP contribution is -1.96. The molecule has 1 aromatic heterocycles. The quantitative estimate of drug-likeness (QED) is 0.770. The average Bonchev–Trinajstić information content (AvgIpc) is 2.27. The number of hydrogen-bond acceptors (Lipinski definition) is 3. The molecule has 0 aliphatic carbocycles. The van der Waals surface area contributed by atoms with Gasteiger partial charge in [-0.3, -0.25) is 0 Å². The molecule has 15 heavy (non-hydrogen) atoms. The van der Waals surface area contributed by atoms with E-state index in [9.17, 15) is 4.39 Å². The molecule has 0 saturated carbocycles. The first-order valence-electron chi connectivity index (χ1n) is 4.43. The molecule has 0 unspecified atom stereocenters. The van der Waals surface area contributed by atoms with Gasteiger partial charge in [0.1, 0.15) is 17.7 Å². The number of pyridine rings is 1. The molecule has 74 valence electrons. The summed E-state index contributed by atoms with van der Waals surface area (Å²) in [5.41, 5.74) is 1.08. The lowest BCUT2D eigenvalue weighted by Gasteiger charge is -2.04.